The summed E-state index contributed by atoms with van der Waals surface area (Å²) in [7, 11) is -2.07. The lowest BCUT2D eigenvalue weighted by Gasteiger charge is -2.03. The predicted molar refractivity (Wildman–Crippen MR) is 73.3 cm³/mol. The fraction of sp³-hybridized carbons (Fsp3) is 0.923. The fourth-order valence-electron chi connectivity index (χ4n) is 1.77. The van der Waals surface area contributed by atoms with E-state index in [0.717, 1.165) is 12.8 Å². The van der Waals surface area contributed by atoms with Crippen LogP contribution in [-0.2, 0) is 19.4 Å². The van der Waals surface area contributed by atoms with Crippen LogP contribution in [0.4, 0.5) is 0 Å². The number of hydrogen-bond donors (Lipinski definition) is 0. The van der Waals surface area contributed by atoms with Crippen LogP contribution < -0.4 is 0 Å². The minimum Gasteiger partial charge on any atom is -0.468 e. The van der Waals surface area contributed by atoms with E-state index >= 15 is 0 Å². The molecule has 0 aliphatic heterocycles. The zero-order valence-corrected chi connectivity index (χ0v) is 12.4. The Morgan fingerprint density at radius 3 is 1.94 bits per heavy atom. The number of unbranched alkanes of at least 4 members (excludes halogenated alkanes) is 7. The molecule has 0 N–H and O–H groups in total. The van der Waals surface area contributed by atoms with Gasteiger partial charge in [-0.1, -0.05) is 51.9 Å². The van der Waals surface area contributed by atoms with E-state index in [1.807, 2.05) is 0 Å². The molecule has 0 heterocycles. The van der Waals surface area contributed by atoms with Crippen molar-refractivity contribution in [1.82, 2.24) is 0 Å². The van der Waals surface area contributed by atoms with Crippen LogP contribution >= 0.6 is 0 Å². The van der Waals surface area contributed by atoms with Crippen molar-refractivity contribution >= 4 is 15.8 Å². The van der Waals surface area contributed by atoms with E-state index in [0.29, 0.717) is 6.42 Å². The van der Waals surface area contributed by atoms with Crippen molar-refractivity contribution in [1.29, 1.82) is 0 Å². The lowest BCUT2D eigenvalue weighted by atomic mass is 10.1. The molecule has 0 aliphatic rings. The maximum Gasteiger partial charge on any atom is 0.320 e. The van der Waals surface area contributed by atoms with Crippen molar-refractivity contribution in [3.8, 4) is 0 Å². The maximum atomic E-state index is 11.5. The molecular formula is C13H26O4S. The summed E-state index contributed by atoms with van der Waals surface area (Å²) in [6.07, 6.45) is 8.87. The lowest BCUT2D eigenvalue weighted by molar-refractivity contribution is -0.137. The Balaban J connectivity index is 3.50. The summed E-state index contributed by atoms with van der Waals surface area (Å²) in [5.74, 6) is -1.06. The number of ether oxygens (including phenoxy) is 1. The van der Waals surface area contributed by atoms with Crippen molar-refractivity contribution < 1.29 is 17.9 Å². The van der Waals surface area contributed by atoms with Gasteiger partial charge in [-0.05, 0) is 6.42 Å². The molecule has 0 fully saturated rings. The number of hydrogen-bond acceptors (Lipinski definition) is 4. The number of carbonyl (C=O) groups excluding carboxylic acids is 1. The van der Waals surface area contributed by atoms with Crippen LogP contribution in [0, 0.1) is 0 Å². The van der Waals surface area contributed by atoms with E-state index in [-0.39, 0.29) is 5.75 Å². The molecule has 0 bridgehead atoms. The van der Waals surface area contributed by atoms with Crippen molar-refractivity contribution in [2.75, 3.05) is 18.6 Å². The Morgan fingerprint density at radius 1 is 0.944 bits per heavy atom. The van der Waals surface area contributed by atoms with Crippen molar-refractivity contribution in [2.24, 2.45) is 0 Å². The summed E-state index contributed by atoms with van der Waals surface area (Å²) in [4.78, 5) is 10.9. The Labute approximate surface area is 111 Å². The van der Waals surface area contributed by atoms with Gasteiger partial charge in [-0.15, -0.1) is 0 Å². The second kappa shape index (κ2) is 10.4. The number of methoxy groups -OCH3 is 1. The van der Waals surface area contributed by atoms with E-state index in [9.17, 15) is 13.2 Å². The lowest BCUT2D eigenvalue weighted by Crippen LogP contribution is -2.19. The fourth-order valence-corrected chi connectivity index (χ4v) is 3.03. The molecule has 0 aromatic heterocycles. The minimum absolute atomic E-state index is 0.0943. The summed E-state index contributed by atoms with van der Waals surface area (Å²) in [5.41, 5.74) is 0. The monoisotopic (exact) mass is 278 g/mol. The molecule has 0 aromatic rings. The van der Waals surface area contributed by atoms with Crippen molar-refractivity contribution in [2.45, 2.75) is 58.3 Å². The van der Waals surface area contributed by atoms with Gasteiger partial charge in [0.1, 0.15) is 5.75 Å². The number of esters is 1. The summed E-state index contributed by atoms with van der Waals surface area (Å²) in [6, 6.07) is 0. The van der Waals surface area contributed by atoms with Gasteiger partial charge in [0.2, 0.25) is 0 Å². The first-order chi connectivity index (χ1) is 8.52. The second-order valence-corrected chi connectivity index (χ2v) is 6.83. The molecule has 4 nitrogen and oxygen atoms in total. The second-order valence-electron chi connectivity index (χ2n) is 4.64. The smallest absolute Gasteiger partial charge is 0.320 e. The van der Waals surface area contributed by atoms with Crippen LogP contribution in [0.1, 0.15) is 58.3 Å². The van der Waals surface area contributed by atoms with Crippen LogP contribution in [0.5, 0.6) is 0 Å². The molecule has 108 valence electrons. The highest BCUT2D eigenvalue weighted by Gasteiger charge is 2.16. The topological polar surface area (TPSA) is 60.4 Å². The standard InChI is InChI=1S/C13H26O4S/c1-3-4-5-6-7-8-9-10-11-18(15,16)12-13(14)17-2/h3-12H2,1-2H3. The summed E-state index contributed by atoms with van der Waals surface area (Å²) < 4.78 is 27.3. The molecule has 5 heteroatoms. The summed E-state index contributed by atoms with van der Waals surface area (Å²) in [6.45, 7) is 2.19. The Hall–Kier alpha value is -0.580. The Morgan fingerprint density at radius 2 is 1.44 bits per heavy atom. The first-order valence-electron chi connectivity index (χ1n) is 6.79. The van der Waals surface area contributed by atoms with E-state index in [2.05, 4.69) is 11.7 Å². The zero-order chi connectivity index (χ0) is 13.9. The third-order valence-electron chi connectivity index (χ3n) is 2.87. The average molecular weight is 278 g/mol. The minimum atomic E-state index is -3.27. The Kier molecular flexibility index (Phi) is 10.0. The van der Waals surface area contributed by atoms with E-state index < -0.39 is 21.6 Å². The third kappa shape index (κ3) is 10.6. The molecule has 0 unspecified atom stereocenters. The van der Waals surface area contributed by atoms with Gasteiger partial charge < -0.3 is 4.74 Å². The Bertz CT molecular complexity index is 309. The summed E-state index contributed by atoms with van der Waals surface area (Å²) >= 11 is 0. The normalized spacial score (nSPS) is 11.4. The highest BCUT2D eigenvalue weighted by atomic mass is 32.2. The van der Waals surface area contributed by atoms with Crippen molar-refractivity contribution in [3.63, 3.8) is 0 Å². The van der Waals surface area contributed by atoms with Gasteiger partial charge in [0.15, 0.2) is 9.84 Å². The van der Waals surface area contributed by atoms with Crippen LogP contribution in [0.25, 0.3) is 0 Å². The number of sulfone groups is 1. The number of carbonyl (C=O) groups is 1. The van der Waals surface area contributed by atoms with Crippen LogP contribution in [0.3, 0.4) is 0 Å². The van der Waals surface area contributed by atoms with E-state index in [1.165, 1.54) is 39.2 Å². The first-order valence-corrected chi connectivity index (χ1v) is 8.61. The maximum absolute atomic E-state index is 11.5. The summed E-state index contributed by atoms with van der Waals surface area (Å²) in [5, 5.41) is 0. The van der Waals surface area contributed by atoms with Gasteiger partial charge in [0.25, 0.3) is 0 Å². The van der Waals surface area contributed by atoms with Gasteiger partial charge in [0.05, 0.1) is 12.9 Å². The molecule has 18 heavy (non-hydrogen) atoms. The predicted octanol–water partition coefficient (Wildman–Crippen LogP) is 2.71. The molecule has 0 spiro atoms. The molecule has 0 aliphatic carbocycles. The molecule has 0 rings (SSSR count). The van der Waals surface area contributed by atoms with E-state index in [4.69, 9.17) is 0 Å². The highest BCUT2D eigenvalue weighted by molar-refractivity contribution is 7.92. The zero-order valence-electron chi connectivity index (χ0n) is 11.6. The molecule has 0 radical (unpaired) electrons. The van der Waals surface area contributed by atoms with Crippen LogP contribution in [0.15, 0.2) is 0 Å². The average Bonchev–Trinajstić information content (AvgIpc) is 2.31. The van der Waals surface area contributed by atoms with Gasteiger partial charge in [0, 0.05) is 0 Å². The quantitative estimate of drug-likeness (QED) is 0.430. The highest BCUT2D eigenvalue weighted by Crippen LogP contribution is 2.09. The van der Waals surface area contributed by atoms with Crippen molar-refractivity contribution in [3.05, 3.63) is 0 Å². The molecule has 0 saturated heterocycles. The molecular weight excluding hydrogens is 252 g/mol. The molecule has 0 saturated carbocycles. The number of rotatable bonds is 11. The largest absolute Gasteiger partial charge is 0.468 e. The van der Waals surface area contributed by atoms with Gasteiger partial charge >= 0.3 is 5.97 Å². The molecule has 0 amide bonds. The third-order valence-corrected chi connectivity index (χ3v) is 4.46. The molecule has 0 aromatic carbocycles. The molecule has 0 atom stereocenters. The van der Waals surface area contributed by atoms with E-state index in [1.54, 1.807) is 0 Å². The van der Waals surface area contributed by atoms with Crippen LogP contribution in [0.2, 0.25) is 0 Å². The first kappa shape index (κ1) is 17.4. The van der Waals surface area contributed by atoms with Gasteiger partial charge in [-0.3, -0.25) is 4.79 Å². The SMILES string of the molecule is CCCCCCCCCCS(=O)(=O)CC(=O)OC. The van der Waals surface area contributed by atoms with Gasteiger partial charge in [-0.25, -0.2) is 8.42 Å². The van der Waals surface area contributed by atoms with Gasteiger partial charge in [-0.2, -0.15) is 0 Å². The van der Waals surface area contributed by atoms with Crippen LogP contribution in [-0.4, -0.2) is 33.0 Å².